The minimum Gasteiger partial charge on any atom is -0.322 e. The zero-order chi connectivity index (χ0) is 16.9. The molecule has 0 saturated carbocycles. The van der Waals surface area contributed by atoms with Crippen molar-refractivity contribution >= 4 is 46.6 Å². The number of benzene rings is 3. The third-order valence-corrected chi connectivity index (χ3v) is 4.83. The lowest BCUT2D eigenvalue weighted by atomic mass is 10.2. The summed E-state index contributed by atoms with van der Waals surface area (Å²) in [5, 5.41) is 3.66. The van der Waals surface area contributed by atoms with Crippen molar-refractivity contribution < 1.29 is 4.79 Å². The number of carbonyl (C=O) groups is 1. The van der Waals surface area contributed by atoms with E-state index in [0.29, 0.717) is 21.3 Å². The molecule has 0 bridgehead atoms. The molecule has 0 atom stereocenters. The highest BCUT2D eigenvalue weighted by Crippen LogP contribution is 2.28. The molecule has 0 spiro atoms. The van der Waals surface area contributed by atoms with Crippen molar-refractivity contribution in [1.29, 1.82) is 0 Å². The molecule has 5 heteroatoms. The van der Waals surface area contributed by atoms with Gasteiger partial charge in [-0.15, -0.1) is 0 Å². The minimum atomic E-state index is -0.264. The van der Waals surface area contributed by atoms with E-state index in [4.69, 9.17) is 23.2 Å². The second kappa shape index (κ2) is 7.75. The van der Waals surface area contributed by atoms with E-state index in [-0.39, 0.29) is 5.91 Å². The van der Waals surface area contributed by atoms with Crippen LogP contribution in [-0.4, -0.2) is 5.91 Å². The Morgan fingerprint density at radius 1 is 0.833 bits per heavy atom. The Kier molecular flexibility index (Phi) is 5.46. The Hall–Kier alpha value is -1.94. The number of anilines is 1. The van der Waals surface area contributed by atoms with E-state index < -0.39 is 0 Å². The van der Waals surface area contributed by atoms with Gasteiger partial charge in [-0.2, -0.15) is 0 Å². The van der Waals surface area contributed by atoms with Crippen molar-refractivity contribution in [3.8, 4) is 0 Å². The molecule has 120 valence electrons. The van der Waals surface area contributed by atoms with Gasteiger partial charge in [0.15, 0.2) is 0 Å². The SMILES string of the molecule is O=C(Nc1ccc(Sc2ccccc2)cc1)c1ccc(Cl)cc1Cl. The number of nitrogens with one attached hydrogen (secondary N) is 1. The smallest absolute Gasteiger partial charge is 0.257 e. The molecule has 3 rings (SSSR count). The number of hydrogen-bond acceptors (Lipinski definition) is 2. The Bertz CT molecular complexity index is 851. The normalized spacial score (nSPS) is 10.4. The van der Waals surface area contributed by atoms with Crippen LogP contribution in [0.5, 0.6) is 0 Å². The summed E-state index contributed by atoms with van der Waals surface area (Å²) in [6.45, 7) is 0. The van der Waals surface area contributed by atoms with E-state index >= 15 is 0 Å². The summed E-state index contributed by atoms with van der Waals surface area (Å²) in [6.07, 6.45) is 0. The van der Waals surface area contributed by atoms with Crippen molar-refractivity contribution in [2.45, 2.75) is 9.79 Å². The van der Waals surface area contributed by atoms with E-state index in [1.165, 1.54) is 4.90 Å². The van der Waals surface area contributed by atoms with Crippen molar-refractivity contribution in [2.75, 3.05) is 5.32 Å². The third kappa shape index (κ3) is 4.32. The van der Waals surface area contributed by atoms with Crippen LogP contribution in [0.15, 0.2) is 82.6 Å². The average molecular weight is 374 g/mol. The molecule has 1 N–H and O–H groups in total. The number of carbonyl (C=O) groups excluding carboxylic acids is 1. The average Bonchev–Trinajstić information content (AvgIpc) is 2.57. The molecule has 0 aromatic heterocycles. The summed E-state index contributed by atoms with van der Waals surface area (Å²) in [7, 11) is 0. The predicted octanol–water partition coefficient (Wildman–Crippen LogP) is 6.40. The fourth-order valence-corrected chi connectivity index (χ4v) is 3.43. The van der Waals surface area contributed by atoms with Gasteiger partial charge in [0, 0.05) is 20.5 Å². The molecule has 24 heavy (non-hydrogen) atoms. The van der Waals surface area contributed by atoms with Crippen LogP contribution < -0.4 is 5.32 Å². The lowest BCUT2D eigenvalue weighted by molar-refractivity contribution is 0.102. The fraction of sp³-hybridized carbons (Fsp3) is 0. The molecule has 0 aliphatic heterocycles. The highest BCUT2D eigenvalue weighted by Gasteiger charge is 2.11. The topological polar surface area (TPSA) is 29.1 Å². The lowest BCUT2D eigenvalue weighted by Crippen LogP contribution is -2.12. The van der Waals surface area contributed by atoms with Gasteiger partial charge >= 0.3 is 0 Å². The second-order valence-corrected chi connectivity index (χ2v) is 7.01. The summed E-state index contributed by atoms with van der Waals surface area (Å²) < 4.78 is 0. The zero-order valence-corrected chi connectivity index (χ0v) is 14.8. The van der Waals surface area contributed by atoms with Gasteiger partial charge in [-0.3, -0.25) is 4.79 Å². The maximum atomic E-state index is 12.3. The van der Waals surface area contributed by atoms with Crippen LogP contribution in [0.3, 0.4) is 0 Å². The quantitative estimate of drug-likeness (QED) is 0.573. The summed E-state index contributed by atoms with van der Waals surface area (Å²) in [4.78, 5) is 14.5. The molecular weight excluding hydrogens is 361 g/mol. The Labute approximate surface area is 154 Å². The number of rotatable bonds is 4. The molecule has 2 nitrogen and oxygen atoms in total. The molecule has 0 unspecified atom stereocenters. The van der Waals surface area contributed by atoms with Gasteiger partial charge in [0.25, 0.3) is 5.91 Å². The first kappa shape index (κ1) is 16.9. The van der Waals surface area contributed by atoms with Gasteiger partial charge in [0.05, 0.1) is 10.6 Å². The third-order valence-electron chi connectivity index (χ3n) is 3.27. The summed E-state index contributed by atoms with van der Waals surface area (Å²) >= 11 is 13.6. The maximum Gasteiger partial charge on any atom is 0.257 e. The molecule has 0 heterocycles. The Morgan fingerprint density at radius 3 is 2.17 bits per heavy atom. The molecule has 0 aliphatic carbocycles. The highest BCUT2D eigenvalue weighted by atomic mass is 35.5. The van der Waals surface area contributed by atoms with E-state index in [0.717, 1.165) is 4.90 Å². The monoisotopic (exact) mass is 373 g/mol. The molecule has 3 aromatic rings. The van der Waals surface area contributed by atoms with Gasteiger partial charge in [0.2, 0.25) is 0 Å². The van der Waals surface area contributed by atoms with Gasteiger partial charge in [0.1, 0.15) is 0 Å². The molecule has 0 fully saturated rings. The number of hydrogen-bond donors (Lipinski definition) is 1. The van der Waals surface area contributed by atoms with Crippen LogP contribution in [0.1, 0.15) is 10.4 Å². The first-order valence-corrected chi connectivity index (χ1v) is 8.78. The van der Waals surface area contributed by atoms with Crippen molar-refractivity contribution in [1.82, 2.24) is 0 Å². The van der Waals surface area contributed by atoms with Gasteiger partial charge in [-0.1, -0.05) is 53.2 Å². The first-order valence-electron chi connectivity index (χ1n) is 7.21. The van der Waals surface area contributed by atoms with E-state index in [1.54, 1.807) is 30.0 Å². The first-order chi connectivity index (χ1) is 11.6. The van der Waals surface area contributed by atoms with E-state index in [2.05, 4.69) is 17.4 Å². The molecule has 3 aromatic carbocycles. The summed E-state index contributed by atoms with van der Waals surface area (Å²) in [5.74, 6) is -0.264. The predicted molar refractivity (Wildman–Crippen MR) is 101 cm³/mol. The molecule has 0 radical (unpaired) electrons. The largest absolute Gasteiger partial charge is 0.322 e. The van der Waals surface area contributed by atoms with Crippen LogP contribution in [0, 0.1) is 0 Å². The molecular formula is C19H13Cl2NOS. The minimum absolute atomic E-state index is 0.264. The van der Waals surface area contributed by atoms with Crippen LogP contribution in [0.25, 0.3) is 0 Å². The standard InChI is InChI=1S/C19H13Cl2NOS/c20-13-6-11-17(18(21)12-13)19(23)22-14-7-9-16(10-8-14)24-15-4-2-1-3-5-15/h1-12H,(H,22,23). The Morgan fingerprint density at radius 2 is 1.50 bits per heavy atom. The summed E-state index contributed by atoms with van der Waals surface area (Å²) in [5.41, 5.74) is 1.10. The van der Waals surface area contributed by atoms with Crippen LogP contribution in [0.4, 0.5) is 5.69 Å². The highest BCUT2D eigenvalue weighted by molar-refractivity contribution is 7.99. The molecule has 1 amide bonds. The lowest BCUT2D eigenvalue weighted by Gasteiger charge is -2.08. The van der Waals surface area contributed by atoms with Gasteiger partial charge in [-0.05, 0) is 54.6 Å². The van der Waals surface area contributed by atoms with E-state index in [9.17, 15) is 4.79 Å². The van der Waals surface area contributed by atoms with E-state index in [1.807, 2.05) is 42.5 Å². The maximum absolute atomic E-state index is 12.3. The molecule has 0 aliphatic rings. The molecule has 0 saturated heterocycles. The van der Waals surface area contributed by atoms with Crippen LogP contribution >= 0.6 is 35.0 Å². The summed E-state index contributed by atoms with van der Waals surface area (Å²) in [6, 6.07) is 22.6. The fourth-order valence-electron chi connectivity index (χ4n) is 2.10. The van der Waals surface area contributed by atoms with Crippen LogP contribution in [-0.2, 0) is 0 Å². The Balaban J connectivity index is 1.68. The zero-order valence-electron chi connectivity index (χ0n) is 12.5. The van der Waals surface area contributed by atoms with Crippen molar-refractivity contribution in [2.24, 2.45) is 0 Å². The van der Waals surface area contributed by atoms with Crippen molar-refractivity contribution in [3.05, 3.63) is 88.4 Å². The van der Waals surface area contributed by atoms with Crippen molar-refractivity contribution in [3.63, 3.8) is 0 Å². The number of halogens is 2. The van der Waals surface area contributed by atoms with Gasteiger partial charge in [-0.25, -0.2) is 0 Å². The van der Waals surface area contributed by atoms with Crippen LogP contribution in [0.2, 0.25) is 10.0 Å². The number of amides is 1. The van der Waals surface area contributed by atoms with Gasteiger partial charge < -0.3 is 5.32 Å². The second-order valence-electron chi connectivity index (χ2n) is 5.02.